The zero-order valence-corrected chi connectivity index (χ0v) is 24.7. The molecular weight excluding hydrogens is 547 g/mol. The number of benzene rings is 2. The first-order valence-corrected chi connectivity index (χ1v) is 14.5. The minimum absolute atomic E-state index is 0.139. The Labute approximate surface area is 251 Å². The highest BCUT2D eigenvalue weighted by Gasteiger charge is 2.42. The number of hydrogen-bond acceptors (Lipinski definition) is 6. The van der Waals surface area contributed by atoms with Gasteiger partial charge in [0.25, 0.3) is 5.91 Å². The number of amides is 2. The molecule has 2 amide bonds. The molecule has 0 radical (unpaired) electrons. The van der Waals surface area contributed by atoms with E-state index in [1.807, 2.05) is 19.9 Å². The summed E-state index contributed by atoms with van der Waals surface area (Å²) in [6.07, 6.45) is 4.73. The van der Waals surface area contributed by atoms with Crippen LogP contribution in [0.4, 0.5) is 4.39 Å². The molecule has 4 rings (SSSR count). The molecule has 8 nitrogen and oxygen atoms in total. The van der Waals surface area contributed by atoms with Crippen LogP contribution in [0, 0.1) is 17.7 Å². The van der Waals surface area contributed by atoms with Gasteiger partial charge in [-0.3, -0.25) is 19.6 Å². The van der Waals surface area contributed by atoms with E-state index in [4.69, 9.17) is 15.5 Å². The number of carbonyl (C=O) groups is 3. The lowest BCUT2D eigenvalue weighted by Crippen LogP contribution is -2.40. The maximum atomic E-state index is 13.5. The van der Waals surface area contributed by atoms with Crippen molar-refractivity contribution in [3.63, 3.8) is 0 Å². The molecule has 3 aromatic rings. The Morgan fingerprint density at radius 2 is 1.72 bits per heavy atom. The Bertz CT molecular complexity index is 1500. The number of carbonyl (C=O) groups excluding carboxylic acids is 3. The highest BCUT2D eigenvalue weighted by atomic mass is 19.1. The molecule has 0 saturated carbocycles. The summed E-state index contributed by atoms with van der Waals surface area (Å²) in [5, 5.41) is 2.88. The minimum atomic E-state index is -0.873. The molecule has 2 unspecified atom stereocenters. The molecule has 2 heterocycles. The van der Waals surface area contributed by atoms with Crippen LogP contribution in [0.2, 0.25) is 0 Å². The number of halogens is 1. The van der Waals surface area contributed by atoms with Crippen LogP contribution in [0.25, 0.3) is 0 Å². The molecule has 3 N–H and O–H groups in total. The van der Waals surface area contributed by atoms with Gasteiger partial charge in [0.05, 0.1) is 23.8 Å². The summed E-state index contributed by atoms with van der Waals surface area (Å²) in [6.45, 7) is 6.23. The number of nitrogens with one attached hydrogen (secondary N) is 1. The second-order valence-electron chi connectivity index (χ2n) is 10.9. The van der Waals surface area contributed by atoms with E-state index in [1.165, 1.54) is 12.1 Å². The number of nitrogens with zero attached hydrogens (tertiary/aromatic N) is 2. The van der Waals surface area contributed by atoms with Crippen molar-refractivity contribution >= 4 is 23.5 Å². The molecule has 0 fully saturated rings. The first-order chi connectivity index (χ1) is 20.7. The number of ether oxygens (including phenoxy) is 1. The largest absolute Gasteiger partial charge is 0.463 e. The fourth-order valence-electron chi connectivity index (χ4n) is 5.31. The van der Waals surface area contributed by atoms with Gasteiger partial charge in [0.1, 0.15) is 5.82 Å². The maximum absolute atomic E-state index is 13.5. The molecule has 0 bridgehead atoms. The Hall–Kier alpha value is -4.66. The number of primary amides is 1. The first-order valence-electron chi connectivity index (χ1n) is 14.5. The summed E-state index contributed by atoms with van der Waals surface area (Å²) in [5.74, 6) is -3.22. The van der Waals surface area contributed by atoms with Crippen LogP contribution in [0.3, 0.4) is 0 Å². The predicted octanol–water partition coefficient (Wildman–Crippen LogP) is 5.29. The van der Waals surface area contributed by atoms with Crippen LogP contribution in [-0.2, 0) is 27.3 Å². The molecule has 0 aliphatic carbocycles. The number of aromatic nitrogens is 1. The molecule has 224 valence electrons. The number of nitrogens with two attached hydrogens (primary N) is 1. The number of aryl methyl sites for hydroxylation is 1. The van der Waals surface area contributed by atoms with Gasteiger partial charge in [-0.15, -0.1) is 0 Å². The molecule has 9 heteroatoms. The summed E-state index contributed by atoms with van der Waals surface area (Å²) < 4.78 is 19.0. The number of pyridine rings is 1. The van der Waals surface area contributed by atoms with Crippen LogP contribution in [-0.4, -0.2) is 35.1 Å². The molecule has 2 atom stereocenters. The van der Waals surface area contributed by atoms with Gasteiger partial charge in [-0.1, -0.05) is 44.2 Å². The molecule has 1 aromatic heterocycles. The summed E-state index contributed by atoms with van der Waals surface area (Å²) in [6, 6.07) is 16.7. The highest BCUT2D eigenvalue weighted by molar-refractivity contribution is 6.09. The summed E-state index contributed by atoms with van der Waals surface area (Å²) in [5.41, 5.74) is 10.2. The summed E-state index contributed by atoms with van der Waals surface area (Å²) in [7, 11) is 0. The zero-order chi connectivity index (χ0) is 30.9. The number of aliphatic imine (C=N–C) groups is 1. The summed E-state index contributed by atoms with van der Waals surface area (Å²) in [4.78, 5) is 48.4. The smallest absolute Gasteiger partial charge is 0.336 e. The Morgan fingerprint density at radius 1 is 1.00 bits per heavy atom. The van der Waals surface area contributed by atoms with Crippen molar-refractivity contribution in [3.05, 3.63) is 112 Å². The topological polar surface area (TPSA) is 124 Å². The van der Waals surface area contributed by atoms with Crippen LogP contribution in [0.1, 0.15) is 66.6 Å². The maximum Gasteiger partial charge on any atom is 0.336 e. The third-order valence-electron chi connectivity index (χ3n) is 7.28. The first kappa shape index (κ1) is 31.3. The monoisotopic (exact) mass is 584 g/mol. The number of allylic oxidation sites excluding steroid dienone is 1. The average molecular weight is 585 g/mol. The van der Waals surface area contributed by atoms with Gasteiger partial charge < -0.3 is 15.8 Å². The lowest BCUT2D eigenvalue weighted by Gasteiger charge is -2.33. The van der Waals surface area contributed by atoms with E-state index < -0.39 is 23.7 Å². The highest BCUT2D eigenvalue weighted by Crippen LogP contribution is 2.42. The Morgan fingerprint density at radius 3 is 2.33 bits per heavy atom. The van der Waals surface area contributed by atoms with Crippen molar-refractivity contribution in [1.82, 2.24) is 10.3 Å². The normalized spacial score (nSPS) is 16.5. The lowest BCUT2D eigenvalue weighted by molar-refractivity contribution is -0.139. The Kier molecular flexibility index (Phi) is 10.5. The standard InChI is InChI=1S/C34H37FN4O4/c1-4-43-34(42)31-27(16-9-22-7-14-26(35)15-8-22)39-28(18-21(2)3)30(32(36)40)29(31)24-10-12-25(13-11-24)33(41)38-20-23-6-5-17-37-19-23/h5-8,10-15,17,19,21,29-30H,4,9,16,18,20H2,1-3H3,(H2,36,40)(H,38,41). The SMILES string of the molecule is CCOC(=O)C1=C(CCc2ccc(F)cc2)N=C(CC(C)C)C(C(N)=O)C1c1ccc(C(=O)NCc2cccnc2)cc1. The van der Waals surface area contributed by atoms with E-state index in [-0.39, 0.29) is 29.8 Å². The number of esters is 1. The third-order valence-corrected chi connectivity index (χ3v) is 7.28. The van der Waals surface area contributed by atoms with Crippen molar-refractivity contribution in [2.45, 2.75) is 52.5 Å². The molecule has 1 aliphatic rings. The molecule has 43 heavy (non-hydrogen) atoms. The fourth-order valence-corrected chi connectivity index (χ4v) is 5.31. The van der Waals surface area contributed by atoms with E-state index in [9.17, 15) is 18.8 Å². The predicted molar refractivity (Wildman–Crippen MR) is 163 cm³/mol. The quantitative estimate of drug-likeness (QED) is 0.280. The van der Waals surface area contributed by atoms with Gasteiger partial charge in [-0.25, -0.2) is 9.18 Å². The van der Waals surface area contributed by atoms with Gasteiger partial charge in [0.15, 0.2) is 0 Å². The molecule has 0 saturated heterocycles. The third kappa shape index (κ3) is 8.00. The lowest BCUT2D eigenvalue weighted by atomic mass is 9.73. The Balaban J connectivity index is 1.72. The van der Waals surface area contributed by atoms with E-state index in [1.54, 1.807) is 61.8 Å². The average Bonchev–Trinajstić information content (AvgIpc) is 2.99. The molecule has 2 aromatic carbocycles. The second-order valence-corrected chi connectivity index (χ2v) is 10.9. The van der Waals surface area contributed by atoms with Crippen molar-refractivity contribution in [1.29, 1.82) is 0 Å². The van der Waals surface area contributed by atoms with Gasteiger partial charge >= 0.3 is 5.97 Å². The van der Waals surface area contributed by atoms with Crippen molar-refractivity contribution in [2.24, 2.45) is 22.6 Å². The fraction of sp³-hybridized carbons (Fsp3) is 0.324. The zero-order valence-electron chi connectivity index (χ0n) is 24.7. The van der Waals surface area contributed by atoms with Crippen molar-refractivity contribution < 1.29 is 23.5 Å². The van der Waals surface area contributed by atoms with Crippen molar-refractivity contribution in [3.8, 4) is 0 Å². The van der Waals surface area contributed by atoms with Gasteiger partial charge in [0.2, 0.25) is 5.91 Å². The van der Waals surface area contributed by atoms with Crippen LogP contribution in [0.15, 0.2) is 89.3 Å². The van der Waals surface area contributed by atoms with E-state index in [2.05, 4.69) is 10.3 Å². The van der Waals surface area contributed by atoms with E-state index >= 15 is 0 Å². The van der Waals surface area contributed by atoms with Gasteiger partial charge in [-0.05, 0) is 79.1 Å². The van der Waals surface area contributed by atoms with E-state index in [0.29, 0.717) is 48.3 Å². The second kappa shape index (κ2) is 14.5. The molecule has 0 spiro atoms. The van der Waals surface area contributed by atoms with Crippen LogP contribution in [0.5, 0.6) is 0 Å². The van der Waals surface area contributed by atoms with Crippen LogP contribution >= 0.6 is 0 Å². The van der Waals surface area contributed by atoms with E-state index in [0.717, 1.165) is 11.1 Å². The minimum Gasteiger partial charge on any atom is -0.463 e. The van der Waals surface area contributed by atoms with Crippen LogP contribution < -0.4 is 11.1 Å². The molecular formula is C34H37FN4O4. The van der Waals surface area contributed by atoms with Crippen molar-refractivity contribution in [2.75, 3.05) is 6.61 Å². The number of hydrogen-bond donors (Lipinski definition) is 2. The number of rotatable bonds is 12. The summed E-state index contributed by atoms with van der Waals surface area (Å²) >= 11 is 0. The van der Waals surface area contributed by atoms with Gasteiger partial charge in [-0.2, -0.15) is 0 Å². The van der Waals surface area contributed by atoms with Gasteiger partial charge in [0, 0.05) is 36.1 Å². The molecule has 1 aliphatic heterocycles.